The van der Waals surface area contributed by atoms with Gasteiger partial charge in [-0.2, -0.15) is 10.2 Å². The third-order valence-corrected chi connectivity index (χ3v) is 3.71. The molecule has 23 heavy (non-hydrogen) atoms. The molecule has 0 aliphatic heterocycles. The summed E-state index contributed by atoms with van der Waals surface area (Å²) < 4.78 is 3.11. The van der Waals surface area contributed by atoms with Crippen LogP contribution in [0.2, 0.25) is 5.02 Å². The van der Waals surface area contributed by atoms with Gasteiger partial charge in [-0.1, -0.05) is 11.6 Å². The maximum Gasteiger partial charge on any atom is 0.277 e. The minimum absolute atomic E-state index is 0.111. The second-order valence-electron chi connectivity index (χ2n) is 5.27. The molecule has 0 bridgehead atoms. The molecule has 0 spiro atoms. The smallest absolute Gasteiger partial charge is 0.277 e. The first-order valence-electron chi connectivity index (χ1n) is 7.05. The normalized spacial score (nSPS) is 10.7. The summed E-state index contributed by atoms with van der Waals surface area (Å²) in [7, 11) is 4.95. The number of hydrogen-bond donors (Lipinski definition) is 1. The van der Waals surface area contributed by atoms with Crippen LogP contribution >= 0.6 is 11.6 Å². The Balaban J connectivity index is 2.37. The molecule has 0 unspecified atom stereocenters. The van der Waals surface area contributed by atoms with Gasteiger partial charge < -0.3 is 10.2 Å². The Morgan fingerprint density at radius 1 is 1.30 bits per heavy atom. The fourth-order valence-electron chi connectivity index (χ4n) is 2.00. The Kier molecular flexibility index (Phi) is 4.74. The predicted octanol–water partition coefficient (Wildman–Crippen LogP) is 1.55. The van der Waals surface area contributed by atoms with E-state index in [9.17, 15) is 9.59 Å². The minimum Gasteiger partial charge on any atom is -0.343 e. The van der Waals surface area contributed by atoms with Gasteiger partial charge in [-0.25, -0.2) is 0 Å². The number of aromatic nitrogens is 4. The number of carbonyl (C=O) groups is 2. The summed E-state index contributed by atoms with van der Waals surface area (Å²) in [6.45, 7) is 4.26. The molecule has 0 aromatic carbocycles. The highest BCUT2D eigenvalue weighted by Gasteiger charge is 2.24. The lowest BCUT2D eigenvalue weighted by Gasteiger charge is -2.10. The highest BCUT2D eigenvalue weighted by molar-refractivity contribution is 6.34. The van der Waals surface area contributed by atoms with Gasteiger partial charge in [0.15, 0.2) is 11.4 Å². The fraction of sp³-hybridized carbons (Fsp3) is 0.429. The van der Waals surface area contributed by atoms with Crippen molar-refractivity contribution in [1.82, 2.24) is 24.5 Å². The van der Waals surface area contributed by atoms with E-state index in [1.165, 1.54) is 4.90 Å². The van der Waals surface area contributed by atoms with Gasteiger partial charge in [-0.15, -0.1) is 0 Å². The summed E-state index contributed by atoms with van der Waals surface area (Å²) in [4.78, 5) is 26.1. The summed E-state index contributed by atoms with van der Waals surface area (Å²) in [5, 5.41) is 11.3. The van der Waals surface area contributed by atoms with Crippen LogP contribution < -0.4 is 5.32 Å². The molecule has 2 heterocycles. The van der Waals surface area contributed by atoms with Crippen LogP contribution in [0.15, 0.2) is 6.20 Å². The largest absolute Gasteiger partial charge is 0.343 e. The van der Waals surface area contributed by atoms with E-state index in [1.54, 1.807) is 43.6 Å². The van der Waals surface area contributed by atoms with E-state index >= 15 is 0 Å². The topological polar surface area (TPSA) is 85.0 Å². The van der Waals surface area contributed by atoms with E-state index < -0.39 is 5.91 Å². The minimum atomic E-state index is -0.480. The molecular formula is C14H19ClN6O2. The van der Waals surface area contributed by atoms with Crippen molar-refractivity contribution in [1.29, 1.82) is 0 Å². The van der Waals surface area contributed by atoms with Crippen LogP contribution in [0.1, 0.15) is 33.6 Å². The maximum absolute atomic E-state index is 12.4. The lowest BCUT2D eigenvalue weighted by Crippen LogP contribution is -2.24. The number of nitrogens with zero attached hydrogens (tertiary/aromatic N) is 5. The average Bonchev–Trinajstić information content (AvgIpc) is 3.01. The highest BCUT2D eigenvalue weighted by atomic mass is 35.5. The van der Waals surface area contributed by atoms with Crippen LogP contribution in [-0.2, 0) is 13.6 Å². The van der Waals surface area contributed by atoms with E-state index in [0.29, 0.717) is 17.9 Å². The van der Waals surface area contributed by atoms with Crippen LogP contribution in [0, 0.1) is 6.92 Å². The number of anilines is 1. The first-order chi connectivity index (χ1) is 10.8. The first kappa shape index (κ1) is 17.0. The standard InChI is InChI=1S/C14H19ClN6O2/c1-6-21-7-9(15)11(18-21)13(22)16-10-8(2)20(5)17-12(10)14(23)19(3)4/h7H,6H2,1-5H3,(H,16,22). The van der Waals surface area contributed by atoms with Crippen molar-refractivity contribution in [2.45, 2.75) is 20.4 Å². The summed E-state index contributed by atoms with van der Waals surface area (Å²) in [6.07, 6.45) is 1.58. The third-order valence-electron chi connectivity index (χ3n) is 3.44. The van der Waals surface area contributed by atoms with E-state index in [2.05, 4.69) is 15.5 Å². The molecule has 2 amide bonds. The molecule has 0 aliphatic carbocycles. The Hall–Kier alpha value is -2.35. The van der Waals surface area contributed by atoms with Crippen LogP contribution in [0.4, 0.5) is 5.69 Å². The van der Waals surface area contributed by atoms with Crippen molar-refractivity contribution in [3.8, 4) is 0 Å². The van der Waals surface area contributed by atoms with Gasteiger partial charge in [0.1, 0.15) is 0 Å². The number of rotatable bonds is 4. The summed E-state index contributed by atoms with van der Waals surface area (Å²) in [5.41, 5.74) is 1.31. The fourth-order valence-corrected chi connectivity index (χ4v) is 2.24. The molecule has 1 N–H and O–H groups in total. The molecule has 0 fully saturated rings. The predicted molar refractivity (Wildman–Crippen MR) is 86.8 cm³/mol. The van der Waals surface area contributed by atoms with Crippen molar-refractivity contribution < 1.29 is 9.59 Å². The summed E-state index contributed by atoms with van der Waals surface area (Å²) in [5.74, 6) is -0.778. The molecule has 2 rings (SSSR count). The number of amides is 2. The van der Waals surface area contributed by atoms with Gasteiger partial charge in [0, 0.05) is 33.9 Å². The van der Waals surface area contributed by atoms with Gasteiger partial charge in [0.05, 0.1) is 16.4 Å². The number of carbonyl (C=O) groups excluding carboxylic acids is 2. The molecule has 2 aromatic heterocycles. The number of nitrogens with one attached hydrogen (secondary N) is 1. The van der Waals surface area contributed by atoms with Crippen LogP contribution in [0.5, 0.6) is 0 Å². The molecule has 0 aliphatic rings. The molecular weight excluding hydrogens is 320 g/mol. The zero-order valence-corrected chi connectivity index (χ0v) is 14.5. The zero-order valence-electron chi connectivity index (χ0n) is 13.7. The third kappa shape index (κ3) is 3.21. The van der Waals surface area contributed by atoms with Crippen LogP contribution in [0.3, 0.4) is 0 Å². The van der Waals surface area contributed by atoms with Crippen molar-refractivity contribution in [3.63, 3.8) is 0 Å². The first-order valence-corrected chi connectivity index (χ1v) is 7.43. The lowest BCUT2D eigenvalue weighted by molar-refractivity contribution is 0.0822. The molecule has 2 aromatic rings. The van der Waals surface area contributed by atoms with Gasteiger partial charge in [-0.05, 0) is 13.8 Å². The van der Waals surface area contributed by atoms with Crippen LogP contribution in [0.25, 0.3) is 0 Å². The van der Waals surface area contributed by atoms with Crippen molar-refractivity contribution in [3.05, 3.63) is 28.3 Å². The maximum atomic E-state index is 12.4. The summed E-state index contributed by atoms with van der Waals surface area (Å²) >= 11 is 6.04. The Labute approximate surface area is 139 Å². The van der Waals surface area contributed by atoms with Crippen molar-refractivity contribution >= 4 is 29.1 Å². The molecule has 9 heteroatoms. The molecule has 0 atom stereocenters. The van der Waals surface area contributed by atoms with Gasteiger partial charge in [0.2, 0.25) is 0 Å². The summed E-state index contributed by atoms with van der Waals surface area (Å²) in [6, 6.07) is 0. The zero-order chi connectivity index (χ0) is 17.3. The SMILES string of the molecule is CCn1cc(Cl)c(C(=O)Nc2c(C(=O)N(C)C)nn(C)c2C)n1. The molecule has 0 saturated carbocycles. The molecule has 0 saturated heterocycles. The highest BCUT2D eigenvalue weighted by Crippen LogP contribution is 2.23. The van der Waals surface area contributed by atoms with E-state index in [-0.39, 0.29) is 22.3 Å². The average molecular weight is 339 g/mol. The van der Waals surface area contributed by atoms with Gasteiger partial charge in [-0.3, -0.25) is 19.0 Å². The molecule has 0 radical (unpaired) electrons. The van der Waals surface area contributed by atoms with E-state index in [1.807, 2.05) is 6.92 Å². The quantitative estimate of drug-likeness (QED) is 0.916. The Morgan fingerprint density at radius 3 is 2.48 bits per heavy atom. The monoisotopic (exact) mass is 338 g/mol. The lowest BCUT2D eigenvalue weighted by atomic mass is 10.2. The van der Waals surface area contributed by atoms with Gasteiger partial charge >= 0.3 is 0 Å². The molecule has 8 nitrogen and oxygen atoms in total. The van der Waals surface area contributed by atoms with Crippen molar-refractivity contribution in [2.75, 3.05) is 19.4 Å². The van der Waals surface area contributed by atoms with Gasteiger partial charge in [0.25, 0.3) is 11.8 Å². The molecule has 124 valence electrons. The van der Waals surface area contributed by atoms with E-state index in [4.69, 9.17) is 11.6 Å². The number of halogens is 1. The van der Waals surface area contributed by atoms with Crippen LogP contribution in [-0.4, -0.2) is 50.4 Å². The van der Waals surface area contributed by atoms with E-state index in [0.717, 1.165) is 0 Å². The second-order valence-corrected chi connectivity index (χ2v) is 5.67. The second kappa shape index (κ2) is 6.41. The number of hydrogen-bond acceptors (Lipinski definition) is 4. The Bertz CT molecular complexity index is 762. The number of aryl methyl sites for hydroxylation is 2. The van der Waals surface area contributed by atoms with Crippen molar-refractivity contribution in [2.24, 2.45) is 7.05 Å². The Morgan fingerprint density at radius 2 is 1.96 bits per heavy atom.